The first-order valence-corrected chi connectivity index (χ1v) is 5.64. The Labute approximate surface area is 91.6 Å². The highest BCUT2D eigenvalue weighted by Crippen LogP contribution is 2.21. The first-order valence-electron chi connectivity index (χ1n) is 5.64. The summed E-state index contributed by atoms with van der Waals surface area (Å²) in [4.78, 5) is 0. The Morgan fingerprint density at radius 3 is 2.67 bits per heavy atom. The van der Waals surface area contributed by atoms with Crippen molar-refractivity contribution in [3.05, 3.63) is 23.0 Å². The zero-order valence-corrected chi connectivity index (χ0v) is 9.82. The van der Waals surface area contributed by atoms with E-state index in [-0.39, 0.29) is 6.10 Å². The average Bonchev–Trinajstić information content (AvgIpc) is 2.22. The van der Waals surface area contributed by atoms with Gasteiger partial charge in [0.25, 0.3) is 0 Å². The maximum Gasteiger partial charge on any atom is 0.0808 e. The Morgan fingerprint density at radius 1 is 1.27 bits per heavy atom. The van der Waals surface area contributed by atoms with Gasteiger partial charge in [0.15, 0.2) is 0 Å². The third-order valence-electron chi connectivity index (χ3n) is 2.58. The molecule has 0 saturated carbocycles. The van der Waals surface area contributed by atoms with Gasteiger partial charge in [-0.1, -0.05) is 26.2 Å². The minimum Gasteiger partial charge on any atom is -0.388 e. The Balaban J connectivity index is 2.64. The second-order valence-electron chi connectivity index (χ2n) is 4.04. The van der Waals surface area contributed by atoms with Crippen molar-refractivity contribution in [2.45, 2.75) is 52.6 Å². The molecule has 0 aliphatic rings. The maximum atomic E-state index is 9.98. The maximum absolute atomic E-state index is 9.98. The van der Waals surface area contributed by atoms with E-state index in [0.29, 0.717) is 0 Å². The van der Waals surface area contributed by atoms with Crippen molar-refractivity contribution in [1.82, 2.24) is 10.2 Å². The van der Waals surface area contributed by atoms with Crippen LogP contribution in [0, 0.1) is 13.8 Å². The van der Waals surface area contributed by atoms with Gasteiger partial charge < -0.3 is 5.11 Å². The molecule has 15 heavy (non-hydrogen) atoms. The summed E-state index contributed by atoms with van der Waals surface area (Å²) in [5.41, 5.74) is 2.63. The third-order valence-corrected chi connectivity index (χ3v) is 2.58. The molecule has 0 saturated heterocycles. The Bertz CT molecular complexity index is 312. The smallest absolute Gasteiger partial charge is 0.0808 e. The van der Waals surface area contributed by atoms with Gasteiger partial charge in [0.1, 0.15) is 0 Å². The van der Waals surface area contributed by atoms with Crippen LogP contribution in [0.3, 0.4) is 0 Å². The summed E-state index contributed by atoms with van der Waals surface area (Å²) in [5.74, 6) is 0. The minimum absolute atomic E-state index is 0.384. The molecule has 1 aromatic rings. The molecule has 0 fully saturated rings. The highest BCUT2D eigenvalue weighted by molar-refractivity contribution is 5.22. The summed E-state index contributed by atoms with van der Waals surface area (Å²) in [6, 6.07) is 1.93. The van der Waals surface area contributed by atoms with Gasteiger partial charge in [0.2, 0.25) is 0 Å². The van der Waals surface area contributed by atoms with Gasteiger partial charge in [-0.05, 0) is 26.3 Å². The van der Waals surface area contributed by atoms with Crippen molar-refractivity contribution in [3.8, 4) is 0 Å². The number of rotatable bonds is 5. The largest absolute Gasteiger partial charge is 0.388 e. The Morgan fingerprint density at radius 2 is 2.00 bits per heavy atom. The predicted octanol–water partition coefficient (Wildman–Crippen LogP) is 2.71. The van der Waals surface area contributed by atoms with E-state index in [2.05, 4.69) is 17.1 Å². The van der Waals surface area contributed by atoms with E-state index < -0.39 is 0 Å². The van der Waals surface area contributed by atoms with Crippen molar-refractivity contribution < 1.29 is 5.11 Å². The van der Waals surface area contributed by atoms with Crippen LogP contribution < -0.4 is 0 Å². The Hall–Kier alpha value is -0.960. The van der Waals surface area contributed by atoms with E-state index in [9.17, 15) is 5.11 Å². The molecule has 0 spiro atoms. The fourth-order valence-corrected chi connectivity index (χ4v) is 1.65. The highest BCUT2D eigenvalue weighted by atomic mass is 16.3. The van der Waals surface area contributed by atoms with E-state index in [1.54, 1.807) is 0 Å². The average molecular weight is 208 g/mol. The molecule has 3 nitrogen and oxygen atoms in total. The molecular formula is C12H20N2O. The lowest BCUT2D eigenvalue weighted by molar-refractivity contribution is 0.162. The summed E-state index contributed by atoms with van der Waals surface area (Å²) in [6.45, 7) is 5.95. The van der Waals surface area contributed by atoms with E-state index in [1.807, 2.05) is 19.9 Å². The van der Waals surface area contributed by atoms with Gasteiger partial charge in [0.05, 0.1) is 17.5 Å². The molecule has 1 heterocycles. The fraction of sp³-hybridized carbons (Fsp3) is 0.667. The van der Waals surface area contributed by atoms with Crippen molar-refractivity contribution in [2.24, 2.45) is 0 Å². The number of aryl methyl sites for hydroxylation is 2. The summed E-state index contributed by atoms with van der Waals surface area (Å²) >= 11 is 0. The van der Waals surface area contributed by atoms with Crippen LogP contribution in [0.1, 0.15) is 55.7 Å². The van der Waals surface area contributed by atoms with Crippen LogP contribution in [-0.2, 0) is 0 Å². The lowest BCUT2D eigenvalue weighted by Gasteiger charge is -2.12. The van der Waals surface area contributed by atoms with Gasteiger partial charge >= 0.3 is 0 Å². The summed E-state index contributed by atoms with van der Waals surface area (Å²) in [6.07, 6.45) is 3.86. The number of hydrogen-bond donors (Lipinski definition) is 1. The molecule has 0 amide bonds. The molecule has 3 heteroatoms. The molecule has 1 unspecified atom stereocenters. The summed E-state index contributed by atoms with van der Waals surface area (Å²) in [5, 5.41) is 18.0. The van der Waals surface area contributed by atoms with Gasteiger partial charge in [-0.3, -0.25) is 0 Å². The fourth-order valence-electron chi connectivity index (χ4n) is 1.65. The highest BCUT2D eigenvalue weighted by Gasteiger charge is 2.11. The number of hydrogen-bond acceptors (Lipinski definition) is 3. The van der Waals surface area contributed by atoms with Gasteiger partial charge in [-0.25, -0.2) is 0 Å². The second-order valence-corrected chi connectivity index (χ2v) is 4.04. The molecule has 0 radical (unpaired) electrons. The summed E-state index contributed by atoms with van der Waals surface area (Å²) in [7, 11) is 0. The molecule has 0 aliphatic carbocycles. The molecular weight excluding hydrogens is 188 g/mol. The Kier molecular flexibility index (Phi) is 4.69. The van der Waals surface area contributed by atoms with Crippen molar-refractivity contribution in [1.29, 1.82) is 0 Å². The van der Waals surface area contributed by atoms with Crippen molar-refractivity contribution >= 4 is 0 Å². The van der Waals surface area contributed by atoms with Crippen LogP contribution in [0.25, 0.3) is 0 Å². The molecule has 0 aromatic carbocycles. The van der Waals surface area contributed by atoms with E-state index in [0.717, 1.165) is 29.8 Å². The SMILES string of the molecule is CCCCCC(O)c1cc(C)nnc1C. The van der Waals surface area contributed by atoms with Crippen LogP contribution in [0.2, 0.25) is 0 Å². The summed E-state index contributed by atoms with van der Waals surface area (Å²) < 4.78 is 0. The lowest BCUT2D eigenvalue weighted by Crippen LogP contribution is -2.04. The third kappa shape index (κ3) is 3.59. The number of aromatic nitrogens is 2. The zero-order valence-electron chi connectivity index (χ0n) is 9.82. The first kappa shape index (κ1) is 12.1. The van der Waals surface area contributed by atoms with Gasteiger partial charge in [-0.2, -0.15) is 10.2 Å². The number of nitrogens with zero attached hydrogens (tertiary/aromatic N) is 2. The normalized spacial score (nSPS) is 12.8. The van der Waals surface area contributed by atoms with Gasteiger partial charge in [-0.15, -0.1) is 0 Å². The van der Waals surface area contributed by atoms with Gasteiger partial charge in [0, 0.05) is 5.56 Å². The topological polar surface area (TPSA) is 46.0 Å². The monoisotopic (exact) mass is 208 g/mol. The minimum atomic E-state index is -0.384. The van der Waals surface area contributed by atoms with E-state index in [4.69, 9.17) is 0 Å². The zero-order chi connectivity index (χ0) is 11.3. The standard InChI is InChI=1S/C12H20N2O/c1-4-5-6-7-12(15)11-8-9(2)13-14-10(11)3/h8,12,15H,4-7H2,1-3H3. The van der Waals surface area contributed by atoms with E-state index >= 15 is 0 Å². The van der Waals surface area contributed by atoms with Crippen molar-refractivity contribution in [2.75, 3.05) is 0 Å². The molecule has 1 aromatic heterocycles. The molecule has 84 valence electrons. The van der Waals surface area contributed by atoms with Crippen LogP contribution in [-0.4, -0.2) is 15.3 Å². The van der Waals surface area contributed by atoms with Crippen molar-refractivity contribution in [3.63, 3.8) is 0 Å². The van der Waals surface area contributed by atoms with Crippen LogP contribution >= 0.6 is 0 Å². The molecule has 0 bridgehead atoms. The van der Waals surface area contributed by atoms with E-state index in [1.165, 1.54) is 12.8 Å². The molecule has 1 rings (SSSR count). The molecule has 0 aliphatic heterocycles. The molecule has 1 atom stereocenters. The number of aliphatic hydroxyl groups excluding tert-OH is 1. The first-order chi connectivity index (χ1) is 7.15. The lowest BCUT2D eigenvalue weighted by atomic mass is 10.0. The van der Waals surface area contributed by atoms with Crippen LogP contribution in [0.15, 0.2) is 6.07 Å². The second kappa shape index (κ2) is 5.81. The number of unbranched alkanes of at least 4 members (excludes halogenated alkanes) is 2. The molecule has 1 N–H and O–H groups in total. The van der Waals surface area contributed by atoms with Crippen LogP contribution in [0.4, 0.5) is 0 Å². The quantitative estimate of drug-likeness (QED) is 0.757. The predicted molar refractivity (Wildman–Crippen MR) is 60.6 cm³/mol. The number of aliphatic hydroxyl groups is 1. The van der Waals surface area contributed by atoms with Crippen LogP contribution in [0.5, 0.6) is 0 Å².